The van der Waals surface area contributed by atoms with Crippen LogP contribution < -0.4 is 0 Å². The van der Waals surface area contributed by atoms with E-state index in [2.05, 4.69) is 46.3 Å². The maximum atomic E-state index is 11.7. The van der Waals surface area contributed by atoms with Gasteiger partial charge in [0.15, 0.2) is 0 Å². The number of hydrogen-bond donors (Lipinski definition) is 1. The van der Waals surface area contributed by atoms with Crippen LogP contribution in [0, 0.1) is 5.41 Å². The molecule has 0 heterocycles. The third-order valence-corrected chi connectivity index (χ3v) is 7.90. The number of halogens is 1. The van der Waals surface area contributed by atoms with Crippen LogP contribution in [-0.2, 0) is 22.6 Å². The summed E-state index contributed by atoms with van der Waals surface area (Å²) in [6, 6.07) is 16.6. The lowest BCUT2D eigenvalue weighted by molar-refractivity contribution is -0.141. The number of benzene rings is 2. The molecule has 1 aliphatic rings. The quantitative estimate of drug-likeness (QED) is 0.460. The molecule has 150 valence electrons. The molecule has 0 bridgehead atoms. The summed E-state index contributed by atoms with van der Waals surface area (Å²) in [4.78, 5) is 11.7. The van der Waals surface area contributed by atoms with Gasteiger partial charge in [0.05, 0.1) is 20.1 Å². The number of esters is 1. The van der Waals surface area contributed by atoms with E-state index in [1.165, 1.54) is 18.2 Å². The van der Waals surface area contributed by atoms with Crippen molar-refractivity contribution >= 4 is 33.7 Å². The number of ether oxygens (including phenoxy) is 1. The van der Waals surface area contributed by atoms with E-state index in [1.807, 2.05) is 30.0 Å². The Morgan fingerprint density at radius 1 is 1.25 bits per heavy atom. The van der Waals surface area contributed by atoms with E-state index in [4.69, 9.17) is 4.74 Å². The van der Waals surface area contributed by atoms with Gasteiger partial charge >= 0.3 is 5.97 Å². The predicted molar refractivity (Wildman–Crippen MR) is 118 cm³/mol. The molecule has 0 aliphatic heterocycles. The van der Waals surface area contributed by atoms with E-state index in [1.54, 1.807) is 0 Å². The van der Waals surface area contributed by atoms with Crippen LogP contribution in [0.2, 0.25) is 0 Å². The average Bonchev–Trinajstić information content (AvgIpc) is 3.48. The van der Waals surface area contributed by atoms with Crippen LogP contribution in [0.15, 0.2) is 53.0 Å². The van der Waals surface area contributed by atoms with Gasteiger partial charge in [-0.15, -0.1) is 0 Å². The third-order valence-electron chi connectivity index (χ3n) is 5.43. The highest BCUT2D eigenvalue weighted by Gasteiger charge is 2.44. The Bertz CT molecular complexity index is 804. The molecule has 28 heavy (non-hydrogen) atoms. The van der Waals surface area contributed by atoms with Crippen molar-refractivity contribution in [2.45, 2.75) is 44.0 Å². The molecule has 0 amide bonds. The van der Waals surface area contributed by atoms with Crippen molar-refractivity contribution in [3.8, 4) is 0 Å². The molecular weight excluding hydrogens is 436 g/mol. The molecule has 0 saturated heterocycles. The second kappa shape index (κ2) is 9.95. The minimum Gasteiger partial charge on any atom is -0.469 e. The largest absolute Gasteiger partial charge is 0.469 e. The van der Waals surface area contributed by atoms with E-state index in [-0.39, 0.29) is 18.0 Å². The SMILES string of the molecule is COC(=O)CC1(CS[C@H](CCc2ccccc2Br)c2cccc(CO)c2)CC1. The fourth-order valence-electron chi connectivity index (χ4n) is 3.43. The van der Waals surface area contributed by atoms with Crippen molar-refractivity contribution in [3.05, 3.63) is 69.7 Å². The summed E-state index contributed by atoms with van der Waals surface area (Å²) in [6.07, 6.45) is 4.71. The Morgan fingerprint density at radius 2 is 2.04 bits per heavy atom. The summed E-state index contributed by atoms with van der Waals surface area (Å²) in [5.74, 6) is 0.858. The molecule has 1 atom stereocenters. The summed E-state index contributed by atoms with van der Waals surface area (Å²) in [7, 11) is 1.46. The first-order valence-corrected chi connectivity index (χ1v) is 11.5. The highest BCUT2D eigenvalue weighted by atomic mass is 79.9. The van der Waals surface area contributed by atoms with Crippen molar-refractivity contribution < 1.29 is 14.6 Å². The fraction of sp³-hybridized carbons (Fsp3) is 0.435. The number of rotatable bonds is 10. The van der Waals surface area contributed by atoms with E-state index >= 15 is 0 Å². The van der Waals surface area contributed by atoms with Gasteiger partial charge in [0.2, 0.25) is 0 Å². The molecule has 0 spiro atoms. The van der Waals surface area contributed by atoms with Crippen molar-refractivity contribution in [3.63, 3.8) is 0 Å². The summed E-state index contributed by atoms with van der Waals surface area (Å²) >= 11 is 5.59. The van der Waals surface area contributed by atoms with Crippen LogP contribution in [0.25, 0.3) is 0 Å². The first-order chi connectivity index (χ1) is 13.5. The molecule has 5 heteroatoms. The number of carbonyl (C=O) groups excluding carboxylic acids is 1. The Morgan fingerprint density at radius 3 is 2.71 bits per heavy atom. The molecule has 0 radical (unpaired) electrons. The molecule has 1 N–H and O–H groups in total. The number of aliphatic hydroxyl groups is 1. The monoisotopic (exact) mass is 462 g/mol. The van der Waals surface area contributed by atoms with Crippen molar-refractivity contribution in [2.24, 2.45) is 5.41 Å². The van der Waals surface area contributed by atoms with E-state index in [9.17, 15) is 9.90 Å². The molecule has 0 aromatic heterocycles. The molecule has 2 aromatic rings. The molecule has 1 saturated carbocycles. The van der Waals surface area contributed by atoms with Crippen LogP contribution in [0.5, 0.6) is 0 Å². The van der Waals surface area contributed by atoms with Crippen LogP contribution in [0.1, 0.15) is 47.6 Å². The van der Waals surface area contributed by atoms with Crippen molar-refractivity contribution in [2.75, 3.05) is 12.9 Å². The third kappa shape index (κ3) is 5.85. The fourth-order valence-corrected chi connectivity index (χ4v) is 5.48. The van der Waals surface area contributed by atoms with Gasteiger partial charge in [-0.25, -0.2) is 0 Å². The van der Waals surface area contributed by atoms with E-state index < -0.39 is 0 Å². The zero-order valence-electron chi connectivity index (χ0n) is 16.2. The summed E-state index contributed by atoms with van der Waals surface area (Å²) in [6.45, 7) is 0.0573. The molecular formula is C23H27BrO3S. The number of methoxy groups -OCH3 is 1. The number of aliphatic hydroxyl groups excluding tert-OH is 1. The molecule has 2 aromatic carbocycles. The van der Waals surface area contributed by atoms with Crippen LogP contribution in [0.3, 0.4) is 0 Å². The topological polar surface area (TPSA) is 46.5 Å². The highest BCUT2D eigenvalue weighted by Crippen LogP contribution is 2.53. The van der Waals surface area contributed by atoms with Gasteiger partial charge in [-0.05, 0) is 53.9 Å². The van der Waals surface area contributed by atoms with Crippen LogP contribution >= 0.6 is 27.7 Å². The zero-order chi connectivity index (χ0) is 20.0. The van der Waals surface area contributed by atoms with Crippen LogP contribution in [-0.4, -0.2) is 23.9 Å². The standard InChI is InChI=1S/C23H27BrO3S/c1-27-22(26)14-23(11-12-23)16-28-21(19-7-4-5-17(13-19)15-25)10-9-18-6-2-3-8-20(18)24/h2-8,13,21,25H,9-12,14-16H2,1H3/t21-/m1/s1. The summed E-state index contributed by atoms with van der Waals surface area (Å²) < 4.78 is 6.03. The minimum absolute atomic E-state index is 0.0573. The Hall–Kier alpha value is -1.30. The first kappa shape index (κ1) is 21.4. The lowest BCUT2D eigenvalue weighted by Crippen LogP contribution is -2.14. The van der Waals surface area contributed by atoms with Crippen LogP contribution in [0.4, 0.5) is 0 Å². The summed E-state index contributed by atoms with van der Waals surface area (Å²) in [5, 5.41) is 9.85. The molecule has 3 rings (SSSR count). The smallest absolute Gasteiger partial charge is 0.306 e. The second-order valence-corrected chi connectivity index (χ2v) is 9.63. The Kier molecular flexibility index (Phi) is 7.61. The first-order valence-electron chi connectivity index (χ1n) is 9.67. The van der Waals surface area contributed by atoms with Gasteiger partial charge in [0.25, 0.3) is 0 Å². The maximum Gasteiger partial charge on any atom is 0.306 e. The number of carbonyl (C=O) groups is 1. The van der Waals surface area contributed by atoms with Gasteiger partial charge in [-0.3, -0.25) is 4.79 Å². The molecule has 3 nitrogen and oxygen atoms in total. The number of thioether (sulfide) groups is 1. The molecule has 0 unspecified atom stereocenters. The molecule has 1 fully saturated rings. The predicted octanol–water partition coefficient (Wildman–Crippen LogP) is 5.69. The van der Waals surface area contributed by atoms with Gasteiger partial charge < -0.3 is 9.84 Å². The Labute approximate surface area is 180 Å². The lowest BCUT2D eigenvalue weighted by Gasteiger charge is -2.21. The second-order valence-electron chi connectivity index (χ2n) is 7.59. The van der Waals surface area contributed by atoms with Crippen molar-refractivity contribution in [1.29, 1.82) is 0 Å². The van der Waals surface area contributed by atoms with E-state index in [0.29, 0.717) is 11.7 Å². The van der Waals surface area contributed by atoms with Gasteiger partial charge in [0, 0.05) is 15.5 Å². The number of aryl methyl sites for hydroxylation is 1. The maximum absolute atomic E-state index is 11.7. The molecule has 1 aliphatic carbocycles. The van der Waals surface area contributed by atoms with Gasteiger partial charge in [0.1, 0.15) is 0 Å². The summed E-state index contributed by atoms with van der Waals surface area (Å²) in [5.41, 5.74) is 3.61. The average molecular weight is 463 g/mol. The normalized spacial score (nSPS) is 15.8. The zero-order valence-corrected chi connectivity index (χ0v) is 18.6. The van der Waals surface area contributed by atoms with Gasteiger partial charge in [-0.1, -0.05) is 58.4 Å². The van der Waals surface area contributed by atoms with Gasteiger partial charge in [-0.2, -0.15) is 11.8 Å². The highest BCUT2D eigenvalue weighted by molar-refractivity contribution is 9.10. The van der Waals surface area contributed by atoms with E-state index in [0.717, 1.165) is 41.5 Å². The van der Waals surface area contributed by atoms with Crippen molar-refractivity contribution in [1.82, 2.24) is 0 Å². The lowest BCUT2D eigenvalue weighted by atomic mass is 10.0. The minimum atomic E-state index is -0.106. The Balaban J connectivity index is 1.71. The number of hydrogen-bond acceptors (Lipinski definition) is 4.